The molecular weight excluding hydrogens is 311 g/mol. The number of nitrogens with one attached hydrogen (secondary N) is 1. The first-order valence-corrected chi connectivity index (χ1v) is 6.73. The summed E-state index contributed by atoms with van der Waals surface area (Å²) in [5, 5.41) is 11.9. The minimum absolute atomic E-state index is 0.0619. The van der Waals surface area contributed by atoms with E-state index < -0.39 is 23.7 Å². The number of hydrogen-bond donors (Lipinski definition) is 2. The van der Waals surface area contributed by atoms with Crippen molar-refractivity contribution in [3.8, 4) is 0 Å². The Labute approximate surface area is 130 Å². The molecule has 0 saturated carbocycles. The Morgan fingerprint density at radius 3 is 2.45 bits per heavy atom. The molecule has 0 aliphatic heterocycles. The van der Waals surface area contributed by atoms with Crippen LogP contribution in [0.4, 0.5) is 4.39 Å². The molecule has 2 N–H and O–H groups in total. The van der Waals surface area contributed by atoms with Crippen molar-refractivity contribution in [2.45, 2.75) is 12.5 Å². The van der Waals surface area contributed by atoms with Gasteiger partial charge in [0.15, 0.2) is 0 Å². The van der Waals surface area contributed by atoms with E-state index in [1.54, 1.807) is 6.07 Å². The van der Waals surface area contributed by atoms with E-state index in [0.29, 0.717) is 10.7 Å². The maximum Gasteiger partial charge on any atom is 0.326 e. The predicted molar refractivity (Wildman–Crippen MR) is 78.2 cm³/mol. The van der Waals surface area contributed by atoms with Crippen molar-refractivity contribution in [3.63, 3.8) is 0 Å². The number of aromatic nitrogens is 1. The highest BCUT2D eigenvalue weighted by Crippen LogP contribution is 2.09. The molecule has 0 bridgehead atoms. The molecule has 5 nitrogen and oxygen atoms in total. The van der Waals surface area contributed by atoms with Gasteiger partial charge in [-0.1, -0.05) is 17.7 Å². The zero-order valence-electron chi connectivity index (χ0n) is 11.3. The van der Waals surface area contributed by atoms with Gasteiger partial charge in [0.25, 0.3) is 5.91 Å². The first-order chi connectivity index (χ1) is 10.5. The number of amides is 1. The van der Waals surface area contributed by atoms with Crippen molar-refractivity contribution in [2.75, 3.05) is 0 Å². The van der Waals surface area contributed by atoms with Crippen LogP contribution in [0.15, 0.2) is 42.6 Å². The van der Waals surface area contributed by atoms with Gasteiger partial charge in [-0.25, -0.2) is 14.2 Å². The van der Waals surface area contributed by atoms with Crippen molar-refractivity contribution in [2.24, 2.45) is 0 Å². The molecule has 7 heteroatoms. The summed E-state index contributed by atoms with van der Waals surface area (Å²) in [6.07, 6.45) is 1.51. The lowest BCUT2D eigenvalue weighted by Crippen LogP contribution is -2.42. The fraction of sp³-hybridized carbons (Fsp3) is 0.133. The van der Waals surface area contributed by atoms with E-state index in [2.05, 4.69) is 10.3 Å². The van der Waals surface area contributed by atoms with Crippen molar-refractivity contribution < 1.29 is 19.1 Å². The predicted octanol–water partition coefficient (Wildman–Crippen LogP) is 2.30. The minimum Gasteiger partial charge on any atom is -0.480 e. The summed E-state index contributed by atoms with van der Waals surface area (Å²) in [6, 6.07) is 6.88. The Bertz CT molecular complexity index is 674. The van der Waals surface area contributed by atoms with Gasteiger partial charge >= 0.3 is 5.97 Å². The zero-order valence-corrected chi connectivity index (χ0v) is 12.0. The molecule has 1 aromatic carbocycles. The molecule has 1 aromatic heterocycles. The third-order valence-electron chi connectivity index (χ3n) is 2.94. The monoisotopic (exact) mass is 322 g/mol. The number of halogens is 2. The van der Waals surface area contributed by atoms with Crippen LogP contribution in [0.1, 0.15) is 15.9 Å². The van der Waals surface area contributed by atoms with Crippen molar-refractivity contribution in [1.82, 2.24) is 10.3 Å². The minimum atomic E-state index is -1.18. The summed E-state index contributed by atoms with van der Waals surface area (Å²) < 4.78 is 12.8. The summed E-state index contributed by atoms with van der Waals surface area (Å²) in [4.78, 5) is 27.1. The fourth-order valence-corrected chi connectivity index (χ4v) is 1.92. The summed E-state index contributed by atoms with van der Waals surface area (Å²) in [6.45, 7) is 0. The van der Waals surface area contributed by atoms with Crippen LogP contribution in [0.5, 0.6) is 0 Å². The molecule has 114 valence electrons. The summed E-state index contributed by atoms with van der Waals surface area (Å²) in [7, 11) is 0. The van der Waals surface area contributed by atoms with Gasteiger partial charge in [-0.05, 0) is 35.9 Å². The van der Waals surface area contributed by atoms with E-state index in [1.165, 1.54) is 24.4 Å². The Kier molecular flexibility index (Phi) is 5.06. The molecule has 0 radical (unpaired) electrons. The Hall–Kier alpha value is -2.47. The van der Waals surface area contributed by atoms with E-state index in [-0.39, 0.29) is 12.0 Å². The fourth-order valence-electron chi connectivity index (χ4n) is 1.81. The number of carbonyl (C=O) groups excluding carboxylic acids is 1. The van der Waals surface area contributed by atoms with Gasteiger partial charge in [0.1, 0.15) is 17.0 Å². The number of aliphatic carboxylic acids is 1. The molecule has 1 heterocycles. The van der Waals surface area contributed by atoms with Crippen LogP contribution >= 0.6 is 11.6 Å². The van der Waals surface area contributed by atoms with Gasteiger partial charge < -0.3 is 10.4 Å². The Morgan fingerprint density at radius 2 is 1.91 bits per heavy atom. The van der Waals surface area contributed by atoms with E-state index >= 15 is 0 Å². The van der Waals surface area contributed by atoms with Gasteiger partial charge in [-0.3, -0.25) is 4.79 Å². The first kappa shape index (κ1) is 15.9. The summed E-state index contributed by atoms with van der Waals surface area (Å²) in [5.74, 6) is -2.24. The lowest BCUT2D eigenvalue weighted by molar-refractivity contribution is -0.139. The molecule has 1 amide bonds. The van der Waals surface area contributed by atoms with E-state index in [0.717, 1.165) is 12.1 Å². The Balaban J connectivity index is 2.08. The van der Waals surface area contributed by atoms with Gasteiger partial charge in [0.05, 0.1) is 0 Å². The maximum absolute atomic E-state index is 12.8. The van der Waals surface area contributed by atoms with Crippen molar-refractivity contribution >= 4 is 23.5 Å². The highest BCUT2D eigenvalue weighted by Gasteiger charge is 2.21. The second kappa shape index (κ2) is 7.00. The summed E-state index contributed by atoms with van der Waals surface area (Å²) >= 11 is 5.66. The number of pyridine rings is 1. The maximum atomic E-state index is 12.8. The molecule has 0 unspecified atom stereocenters. The van der Waals surface area contributed by atoms with Crippen molar-refractivity contribution in [1.29, 1.82) is 0 Å². The molecule has 0 aliphatic rings. The number of carboxylic acids is 1. The lowest BCUT2D eigenvalue weighted by atomic mass is 10.1. The van der Waals surface area contributed by atoms with Crippen LogP contribution in [0.25, 0.3) is 0 Å². The Morgan fingerprint density at radius 1 is 1.23 bits per heavy atom. The molecular formula is C15H12ClFN2O3. The van der Waals surface area contributed by atoms with Crippen LogP contribution < -0.4 is 5.32 Å². The number of carboxylic acid groups (broad SMARTS) is 1. The van der Waals surface area contributed by atoms with Crippen LogP contribution in [0, 0.1) is 5.82 Å². The number of benzene rings is 1. The number of nitrogens with zero attached hydrogens (tertiary/aromatic N) is 1. The van der Waals surface area contributed by atoms with Gasteiger partial charge in [-0.15, -0.1) is 0 Å². The molecule has 1 atom stereocenters. The topological polar surface area (TPSA) is 79.3 Å². The number of carbonyl (C=O) groups is 2. The van der Waals surface area contributed by atoms with Crippen LogP contribution in [0.3, 0.4) is 0 Å². The second-order valence-electron chi connectivity index (χ2n) is 4.56. The zero-order chi connectivity index (χ0) is 16.1. The van der Waals surface area contributed by atoms with Gasteiger partial charge in [0, 0.05) is 18.2 Å². The standard InChI is InChI=1S/C15H12ClFN2O3/c16-13-6-1-9(8-18-13)7-12(15(21)22)19-14(20)10-2-4-11(17)5-3-10/h1-6,8,12H,7H2,(H,19,20)(H,21,22)/t12-/m0/s1. The highest BCUT2D eigenvalue weighted by molar-refractivity contribution is 6.29. The molecule has 2 rings (SSSR count). The molecule has 0 fully saturated rings. The average Bonchev–Trinajstić information content (AvgIpc) is 2.49. The van der Waals surface area contributed by atoms with Gasteiger partial charge in [0.2, 0.25) is 0 Å². The molecule has 0 aliphatic carbocycles. The smallest absolute Gasteiger partial charge is 0.326 e. The average molecular weight is 323 g/mol. The first-order valence-electron chi connectivity index (χ1n) is 6.35. The van der Waals surface area contributed by atoms with Gasteiger partial charge in [-0.2, -0.15) is 0 Å². The molecule has 22 heavy (non-hydrogen) atoms. The number of hydrogen-bond acceptors (Lipinski definition) is 3. The third-order valence-corrected chi connectivity index (χ3v) is 3.16. The van der Waals surface area contributed by atoms with E-state index in [1.807, 2.05) is 0 Å². The summed E-state index contributed by atoms with van der Waals surface area (Å²) in [5.41, 5.74) is 0.804. The van der Waals surface area contributed by atoms with Crippen LogP contribution in [0.2, 0.25) is 5.15 Å². The lowest BCUT2D eigenvalue weighted by Gasteiger charge is -2.14. The van der Waals surface area contributed by atoms with Crippen LogP contribution in [-0.4, -0.2) is 28.0 Å². The second-order valence-corrected chi connectivity index (χ2v) is 4.95. The third kappa shape index (κ3) is 4.26. The SMILES string of the molecule is O=C(N[C@@H](Cc1ccc(Cl)nc1)C(=O)O)c1ccc(F)cc1. The van der Waals surface area contributed by atoms with E-state index in [4.69, 9.17) is 11.6 Å². The quantitative estimate of drug-likeness (QED) is 0.828. The van der Waals surface area contributed by atoms with Crippen molar-refractivity contribution in [3.05, 3.63) is 64.7 Å². The van der Waals surface area contributed by atoms with E-state index in [9.17, 15) is 19.1 Å². The molecule has 2 aromatic rings. The molecule has 0 saturated heterocycles. The van der Waals surface area contributed by atoms with Crippen LogP contribution in [-0.2, 0) is 11.2 Å². The normalized spacial score (nSPS) is 11.7. The molecule has 0 spiro atoms. The largest absolute Gasteiger partial charge is 0.480 e. The highest BCUT2D eigenvalue weighted by atomic mass is 35.5. The number of rotatable bonds is 5.